The third-order valence-electron chi connectivity index (χ3n) is 0.915. The Bertz CT molecular complexity index is 84.7. The van der Waals surface area contributed by atoms with Crippen molar-refractivity contribution in [2.24, 2.45) is 0 Å². The van der Waals surface area contributed by atoms with Crippen molar-refractivity contribution in [3.05, 3.63) is 9.41 Å². The predicted molar refractivity (Wildman–Crippen MR) is 42.7 cm³/mol. The first-order valence-corrected chi connectivity index (χ1v) is 3.83. The standard InChI is InChI=1S/C6H10FI/c1-3-5(7)6(8)4-2/h3-4H2,1-2H3. The van der Waals surface area contributed by atoms with Gasteiger partial charge in [0, 0.05) is 3.58 Å². The molecule has 0 heterocycles. The van der Waals surface area contributed by atoms with E-state index < -0.39 is 0 Å². The van der Waals surface area contributed by atoms with Crippen LogP contribution in [0, 0.1) is 0 Å². The Morgan fingerprint density at radius 2 is 1.88 bits per heavy atom. The van der Waals surface area contributed by atoms with Crippen molar-refractivity contribution in [1.82, 2.24) is 0 Å². The SMILES string of the molecule is CCC(F)=C(I)CC. The molecule has 0 unspecified atom stereocenters. The molecule has 8 heavy (non-hydrogen) atoms. The van der Waals surface area contributed by atoms with Gasteiger partial charge in [-0.25, -0.2) is 4.39 Å². The van der Waals surface area contributed by atoms with E-state index in [1.165, 1.54) is 0 Å². The van der Waals surface area contributed by atoms with Gasteiger partial charge in [-0.3, -0.25) is 0 Å². The van der Waals surface area contributed by atoms with Crippen LogP contribution in [0.25, 0.3) is 0 Å². The molecule has 0 bridgehead atoms. The molecule has 0 nitrogen and oxygen atoms in total. The van der Waals surface area contributed by atoms with Crippen LogP contribution in [0.4, 0.5) is 4.39 Å². The highest BCUT2D eigenvalue weighted by Crippen LogP contribution is 2.19. The van der Waals surface area contributed by atoms with Crippen LogP contribution in [0.2, 0.25) is 0 Å². The molecule has 0 aromatic heterocycles. The van der Waals surface area contributed by atoms with Gasteiger partial charge in [0.2, 0.25) is 0 Å². The fourth-order valence-corrected chi connectivity index (χ4v) is 0.765. The van der Waals surface area contributed by atoms with Crippen molar-refractivity contribution in [3.8, 4) is 0 Å². The normalized spacial score (nSPS) is 13.5. The van der Waals surface area contributed by atoms with Crippen molar-refractivity contribution >= 4 is 22.6 Å². The molecule has 48 valence electrons. The summed E-state index contributed by atoms with van der Waals surface area (Å²) < 4.78 is 13.2. The van der Waals surface area contributed by atoms with E-state index in [1.807, 2.05) is 36.4 Å². The zero-order valence-corrected chi connectivity index (χ0v) is 7.33. The molecule has 0 radical (unpaired) electrons. The lowest BCUT2D eigenvalue weighted by Gasteiger charge is -1.92. The van der Waals surface area contributed by atoms with Gasteiger partial charge in [0.05, 0.1) is 0 Å². The molecule has 0 aliphatic carbocycles. The fraction of sp³-hybridized carbons (Fsp3) is 0.667. The Balaban J connectivity index is 3.83. The van der Waals surface area contributed by atoms with Crippen molar-refractivity contribution in [1.29, 1.82) is 0 Å². The Morgan fingerprint density at radius 1 is 1.38 bits per heavy atom. The molecule has 0 aromatic carbocycles. The van der Waals surface area contributed by atoms with E-state index in [0.29, 0.717) is 6.42 Å². The highest BCUT2D eigenvalue weighted by Gasteiger charge is 1.95. The first kappa shape index (κ1) is 8.40. The van der Waals surface area contributed by atoms with Gasteiger partial charge in [0.15, 0.2) is 0 Å². The molecule has 0 fully saturated rings. The second kappa shape index (κ2) is 4.30. The third-order valence-corrected chi connectivity index (χ3v) is 2.26. The Hall–Kier alpha value is 0.400. The fourth-order valence-electron chi connectivity index (χ4n) is 0.384. The minimum atomic E-state index is 0.0353. The third kappa shape index (κ3) is 2.64. The van der Waals surface area contributed by atoms with E-state index in [4.69, 9.17) is 0 Å². The first-order valence-electron chi connectivity index (χ1n) is 2.75. The predicted octanol–water partition coefficient (Wildman–Crippen LogP) is 3.42. The Morgan fingerprint density at radius 3 is 2.00 bits per heavy atom. The molecule has 0 aromatic rings. The van der Waals surface area contributed by atoms with Crippen molar-refractivity contribution in [2.45, 2.75) is 26.7 Å². The Labute approximate surface area is 63.3 Å². The van der Waals surface area contributed by atoms with Gasteiger partial charge in [-0.2, -0.15) is 0 Å². The largest absolute Gasteiger partial charge is 0.211 e. The van der Waals surface area contributed by atoms with E-state index in [1.54, 1.807) is 0 Å². The summed E-state index contributed by atoms with van der Waals surface area (Å²) in [5.74, 6) is 0.0353. The molecule has 0 amide bonds. The summed E-state index contributed by atoms with van der Waals surface area (Å²) >= 11 is 2.04. The average Bonchev–Trinajstić information content (AvgIpc) is 1.84. The highest BCUT2D eigenvalue weighted by atomic mass is 127. The van der Waals surface area contributed by atoms with Crippen LogP contribution in [0.5, 0.6) is 0 Å². The summed E-state index contributed by atoms with van der Waals surface area (Å²) in [5, 5.41) is 0. The van der Waals surface area contributed by atoms with Crippen LogP contribution < -0.4 is 0 Å². The summed E-state index contributed by atoms with van der Waals surface area (Å²) in [5.41, 5.74) is 0. The van der Waals surface area contributed by atoms with E-state index in [2.05, 4.69) is 0 Å². The van der Waals surface area contributed by atoms with Crippen LogP contribution in [0.3, 0.4) is 0 Å². The van der Waals surface area contributed by atoms with Crippen molar-refractivity contribution < 1.29 is 4.39 Å². The van der Waals surface area contributed by atoms with Gasteiger partial charge in [0.1, 0.15) is 5.83 Å². The number of hydrogen-bond donors (Lipinski definition) is 0. The minimum absolute atomic E-state index is 0.0353. The van der Waals surface area contributed by atoms with Gasteiger partial charge < -0.3 is 0 Å². The summed E-state index contributed by atoms with van der Waals surface area (Å²) in [6, 6.07) is 0. The molecular formula is C6H10FI. The molecule has 0 spiro atoms. The van der Waals surface area contributed by atoms with Gasteiger partial charge in [-0.15, -0.1) is 0 Å². The number of rotatable bonds is 2. The molecule has 0 aliphatic rings. The summed E-state index contributed by atoms with van der Waals surface area (Å²) in [6.07, 6.45) is 1.35. The maximum atomic E-state index is 12.4. The summed E-state index contributed by atoms with van der Waals surface area (Å²) in [4.78, 5) is 0. The second-order valence-electron chi connectivity index (χ2n) is 1.52. The number of halogens is 2. The topological polar surface area (TPSA) is 0 Å². The molecule has 0 saturated carbocycles. The lowest BCUT2D eigenvalue weighted by molar-refractivity contribution is 0.597. The zero-order chi connectivity index (χ0) is 6.57. The zero-order valence-electron chi connectivity index (χ0n) is 5.17. The molecule has 2 heteroatoms. The smallest absolute Gasteiger partial charge is 0.109 e. The van der Waals surface area contributed by atoms with E-state index in [9.17, 15) is 4.39 Å². The average molecular weight is 228 g/mol. The summed E-state index contributed by atoms with van der Waals surface area (Å²) in [6.45, 7) is 3.78. The summed E-state index contributed by atoms with van der Waals surface area (Å²) in [7, 11) is 0. The highest BCUT2D eigenvalue weighted by molar-refractivity contribution is 14.1. The van der Waals surface area contributed by atoms with Crippen LogP contribution in [-0.4, -0.2) is 0 Å². The Kier molecular flexibility index (Phi) is 4.51. The maximum Gasteiger partial charge on any atom is 0.109 e. The monoisotopic (exact) mass is 228 g/mol. The van der Waals surface area contributed by atoms with Crippen LogP contribution in [0.15, 0.2) is 9.41 Å². The lowest BCUT2D eigenvalue weighted by Crippen LogP contribution is -1.73. The van der Waals surface area contributed by atoms with Crippen molar-refractivity contribution in [3.63, 3.8) is 0 Å². The van der Waals surface area contributed by atoms with Crippen molar-refractivity contribution in [2.75, 3.05) is 0 Å². The van der Waals surface area contributed by atoms with Gasteiger partial charge in [-0.1, -0.05) is 13.8 Å². The van der Waals surface area contributed by atoms with Gasteiger partial charge in [0.25, 0.3) is 0 Å². The molecular weight excluding hydrogens is 218 g/mol. The lowest BCUT2D eigenvalue weighted by atomic mass is 10.3. The van der Waals surface area contributed by atoms with Gasteiger partial charge in [-0.05, 0) is 35.4 Å². The van der Waals surface area contributed by atoms with Gasteiger partial charge >= 0.3 is 0 Å². The number of allylic oxidation sites excluding steroid dienone is 2. The van der Waals surface area contributed by atoms with E-state index in [0.717, 1.165) is 10.0 Å². The van der Waals surface area contributed by atoms with Crippen LogP contribution >= 0.6 is 22.6 Å². The molecule has 0 aliphatic heterocycles. The minimum Gasteiger partial charge on any atom is -0.211 e. The molecule has 0 saturated heterocycles. The maximum absolute atomic E-state index is 12.4. The van der Waals surface area contributed by atoms with E-state index >= 15 is 0 Å². The molecule has 0 rings (SSSR count). The number of hydrogen-bond acceptors (Lipinski definition) is 0. The van der Waals surface area contributed by atoms with Crippen LogP contribution in [0.1, 0.15) is 26.7 Å². The van der Waals surface area contributed by atoms with Crippen LogP contribution in [-0.2, 0) is 0 Å². The van der Waals surface area contributed by atoms with E-state index in [-0.39, 0.29) is 5.83 Å². The quantitative estimate of drug-likeness (QED) is 0.635. The molecule has 0 N–H and O–H groups in total. The first-order chi connectivity index (χ1) is 3.72. The second-order valence-corrected chi connectivity index (χ2v) is 2.82. The molecule has 0 atom stereocenters.